The van der Waals surface area contributed by atoms with Crippen LogP contribution in [-0.4, -0.2) is 7.28 Å². The van der Waals surface area contributed by atoms with Gasteiger partial charge in [-0.25, -0.2) is 0 Å². The van der Waals surface area contributed by atoms with Crippen molar-refractivity contribution in [1.29, 1.82) is 0 Å². The minimum absolute atomic E-state index is 0.0549. The maximum Gasteiger partial charge on any atom is 0.199 e. The number of allylic oxidation sites excluding steroid dienone is 1. The maximum atomic E-state index is 4.31. The highest BCUT2D eigenvalue weighted by Gasteiger charge is 2.45. The Kier molecular flexibility index (Phi) is 11.3. The molecule has 0 atom stereocenters. The van der Waals surface area contributed by atoms with Crippen molar-refractivity contribution in [3.63, 3.8) is 0 Å². The first kappa shape index (κ1) is 54.1. The third kappa shape index (κ3) is 7.89. The molecule has 6 aliphatic rings. The Labute approximate surface area is 504 Å². The molecule has 0 amide bonds. The van der Waals surface area contributed by atoms with Crippen LogP contribution in [0.3, 0.4) is 0 Å². The number of fused-ring (bicyclic) bond motifs is 13. The lowest BCUT2D eigenvalue weighted by Gasteiger charge is -2.44. The molecule has 9 aromatic rings. The molecule has 1 aliphatic heterocycles. The summed E-state index contributed by atoms with van der Waals surface area (Å²) in [6, 6.07) is 40.3. The molecule has 5 aliphatic carbocycles. The molecule has 2 nitrogen and oxygen atoms in total. The Morgan fingerprint density at radius 2 is 0.940 bits per heavy atom. The van der Waals surface area contributed by atoms with Crippen LogP contribution in [0, 0.1) is 6.92 Å². The normalized spacial score (nSPS) is 21.4. The topological polar surface area (TPSA) is 15.3 Å². The van der Waals surface area contributed by atoms with E-state index in [-0.39, 0.29) is 43.3 Å². The third-order valence-electron chi connectivity index (χ3n) is 23.1. The van der Waals surface area contributed by atoms with Crippen molar-refractivity contribution in [3.05, 3.63) is 164 Å². The summed E-state index contributed by atoms with van der Waals surface area (Å²) >= 11 is 4.06. The van der Waals surface area contributed by atoms with E-state index >= 15 is 0 Å². The first-order valence-corrected chi connectivity index (χ1v) is 33.4. The summed E-state index contributed by atoms with van der Waals surface area (Å²) in [7, 11) is 0.873. The van der Waals surface area contributed by atoms with Gasteiger partial charge in [-0.1, -0.05) is 165 Å². The molecular weight excluding hydrogens is 1040 g/mol. The summed E-state index contributed by atoms with van der Waals surface area (Å²) < 4.78 is 5.54. The highest BCUT2D eigenvalue weighted by Crippen LogP contribution is 2.58. The molecule has 424 valence electrons. The van der Waals surface area contributed by atoms with Crippen LogP contribution < -0.4 is 15.7 Å². The second-order valence-electron chi connectivity index (χ2n) is 32.4. The third-order valence-corrected chi connectivity index (χ3v) is 25.5. The number of anilines is 4. The summed E-state index contributed by atoms with van der Waals surface area (Å²) in [4.78, 5) is 2.84. The van der Waals surface area contributed by atoms with Gasteiger partial charge in [0.2, 0.25) is 0 Å². The average Bonchev–Trinajstić information content (AvgIpc) is 3.56. The fourth-order valence-corrected chi connectivity index (χ4v) is 19.6. The lowest BCUT2D eigenvalue weighted by Crippen LogP contribution is -2.37. The van der Waals surface area contributed by atoms with Crippen molar-refractivity contribution in [3.8, 4) is 11.1 Å². The Hall–Kier alpha value is -5.62. The van der Waals surface area contributed by atoms with Crippen LogP contribution >= 0.6 is 22.7 Å². The van der Waals surface area contributed by atoms with Gasteiger partial charge in [-0.15, -0.1) is 22.7 Å². The van der Waals surface area contributed by atoms with Crippen molar-refractivity contribution in [2.75, 3.05) is 10.2 Å². The first-order chi connectivity index (χ1) is 38.9. The van der Waals surface area contributed by atoms with Crippen LogP contribution in [0.4, 0.5) is 22.7 Å². The molecule has 0 bridgehead atoms. The van der Waals surface area contributed by atoms with Crippen LogP contribution in [0.5, 0.6) is 0 Å². The Morgan fingerprint density at radius 3 is 1.58 bits per heavy atom. The van der Waals surface area contributed by atoms with Gasteiger partial charge in [0.15, 0.2) is 7.28 Å². The van der Waals surface area contributed by atoms with Crippen molar-refractivity contribution >= 4 is 104 Å². The van der Waals surface area contributed by atoms with Crippen LogP contribution in [0.1, 0.15) is 223 Å². The second-order valence-corrected chi connectivity index (χ2v) is 34.5. The molecule has 0 unspecified atom stereocenters. The molecule has 0 radical (unpaired) electrons. The first-order valence-electron chi connectivity index (χ1n) is 31.7. The van der Waals surface area contributed by atoms with E-state index in [0.717, 1.165) is 13.7 Å². The predicted molar refractivity (Wildman–Crippen MR) is 366 cm³/mol. The van der Waals surface area contributed by atoms with Crippen LogP contribution in [0.15, 0.2) is 103 Å². The van der Waals surface area contributed by atoms with Gasteiger partial charge in [0, 0.05) is 80.8 Å². The molecule has 0 saturated heterocycles. The fourth-order valence-electron chi connectivity index (χ4n) is 17.1. The molecule has 0 spiro atoms. The van der Waals surface area contributed by atoms with E-state index in [1.807, 2.05) is 22.7 Å². The summed E-state index contributed by atoms with van der Waals surface area (Å²) in [5.74, 6) is 0. The second kappa shape index (κ2) is 17.3. The number of aryl methyl sites for hydroxylation is 1. The van der Waals surface area contributed by atoms with E-state index < -0.39 is 0 Å². The number of thiophene rings is 2. The standard InChI is InChI=1S/C78H87BN2S2/c1-43-34-52-57(77(14,15)32-28-72(52,4)5)41-60(43)81-61-36-44-35-53-55(75(10,11)30-29-73(53,6)7)38-48(44)67(61)79-68-62(81)40-50-46-20-18-19-21-63(46)82-70(50)66(68)65-59(80-45-22-24-51-54(37-45)74(8,9)27-26-71(51,2)3)25-23-47-49-39-56-58(42-64(49)83-69(47)65)78(16,17)33-31-76(56,12)13/h18-25,34-35,37-42,79-80H,26-33,36H2,1-17H3. The van der Waals surface area contributed by atoms with Crippen molar-refractivity contribution in [2.24, 2.45) is 0 Å². The van der Waals surface area contributed by atoms with Crippen molar-refractivity contribution in [2.45, 2.75) is 219 Å². The van der Waals surface area contributed by atoms with E-state index in [1.165, 1.54) is 192 Å². The molecule has 2 aromatic heterocycles. The molecule has 7 aromatic carbocycles. The number of nitrogens with zero attached hydrogens (tertiary/aromatic N) is 1. The minimum atomic E-state index is 0.0549. The Bertz CT molecular complexity index is 4380. The van der Waals surface area contributed by atoms with Gasteiger partial charge < -0.3 is 10.2 Å². The van der Waals surface area contributed by atoms with E-state index in [4.69, 9.17) is 0 Å². The SMILES string of the molecule is Cc1cc2c(cc1N1C3=C(Bc4c1cc1c(sc5ccccc51)c4-c1c(Nc4ccc5c(c4)C(C)(C)CCC5(C)C)ccc4c1sc1cc5c(cc14)C(C)(C)CCC5(C)C)c1cc4c(cc1C3)C(C)(C)CCC4(C)C)C(C)(C)CCC2(C)C. The number of benzene rings is 7. The zero-order valence-electron chi connectivity index (χ0n) is 53.1. The lowest BCUT2D eigenvalue weighted by atomic mass is 9.56. The van der Waals surface area contributed by atoms with E-state index in [0.29, 0.717) is 0 Å². The summed E-state index contributed by atoms with van der Waals surface area (Å²) in [5.41, 5.74) is 29.6. The largest absolute Gasteiger partial charge is 0.355 e. The van der Waals surface area contributed by atoms with E-state index in [1.54, 1.807) is 11.1 Å². The van der Waals surface area contributed by atoms with Gasteiger partial charge in [-0.2, -0.15) is 0 Å². The highest BCUT2D eigenvalue weighted by atomic mass is 32.1. The summed E-state index contributed by atoms with van der Waals surface area (Å²) in [6.07, 6.45) is 10.5. The predicted octanol–water partition coefficient (Wildman–Crippen LogP) is 21.7. The molecule has 3 heterocycles. The summed E-state index contributed by atoms with van der Waals surface area (Å²) in [5, 5.41) is 9.80. The minimum Gasteiger partial charge on any atom is -0.355 e. The molecule has 0 saturated carbocycles. The van der Waals surface area contributed by atoms with Crippen LogP contribution in [0.25, 0.3) is 56.9 Å². The number of hydrogen-bond acceptors (Lipinski definition) is 4. The fraction of sp³-hybridized carbons (Fsp3) is 0.436. The summed E-state index contributed by atoms with van der Waals surface area (Å²) in [6.45, 7) is 42.3. The lowest BCUT2D eigenvalue weighted by molar-refractivity contribution is 0.331. The molecule has 83 heavy (non-hydrogen) atoms. The van der Waals surface area contributed by atoms with Gasteiger partial charge in [0.05, 0.1) is 0 Å². The molecular formula is C78H87BN2S2. The van der Waals surface area contributed by atoms with Gasteiger partial charge in [-0.05, 0) is 222 Å². The molecule has 5 heteroatoms. The van der Waals surface area contributed by atoms with Crippen molar-refractivity contribution in [1.82, 2.24) is 0 Å². The molecule has 1 N–H and O–H groups in total. The number of rotatable bonds is 4. The zero-order chi connectivity index (χ0) is 58.2. The average molecular weight is 1130 g/mol. The van der Waals surface area contributed by atoms with Crippen molar-refractivity contribution < 1.29 is 0 Å². The quantitative estimate of drug-likeness (QED) is 0.177. The van der Waals surface area contributed by atoms with Gasteiger partial charge in [0.1, 0.15) is 0 Å². The van der Waals surface area contributed by atoms with Gasteiger partial charge in [-0.3, -0.25) is 0 Å². The smallest absolute Gasteiger partial charge is 0.199 e. The van der Waals surface area contributed by atoms with Gasteiger partial charge in [0.25, 0.3) is 0 Å². The monoisotopic (exact) mass is 1130 g/mol. The van der Waals surface area contributed by atoms with E-state index in [9.17, 15) is 0 Å². The van der Waals surface area contributed by atoms with Crippen LogP contribution in [0.2, 0.25) is 0 Å². The highest BCUT2D eigenvalue weighted by molar-refractivity contribution is 7.27. The Morgan fingerprint density at radius 1 is 0.422 bits per heavy atom. The number of nitrogens with one attached hydrogen (secondary N) is 1. The molecule has 0 fully saturated rings. The number of hydrogen-bond donors (Lipinski definition) is 1. The van der Waals surface area contributed by atoms with E-state index in [2.05, 4.69) is 225 Å². The van der Waals surface area contributed by atoms with Gasteiger partial charge >= 0.3 is 0 Å². The van der Waals surface area contributed by atoms with Crippen LogP contribution in [-0.2, 0) is 49.7 Å². The maximum absolute atomic E-state index is 4.31. The zero-order valence-corrected chi connectivity index (χ0v) is 54.7. The molecule has 15 rings (SSSR count). The Balaban J connectivity index is 1.07.